The van der Waals surface area contributed by atoms with Gasteiger partial charge in [0.25, 0.3) is 5.91 Å². The molecule has 1 saturated heterocycles. The standard InChI is InChI=1S/C24H21N9O4/c1-12-9-16(30-37-12)33-17(34)10-13-18-14(11-25)22(28-20(26)19(18)21(27)29-23(13)33)31-4-6-32(7-5-31)24(35)15-3-2-8-36-15/h2-3,8-9H,4-7,10H2,1H3,(H2,26,28)(H2,27,29). The molecular weight excluding hydrogens is 478 g/mol. The quantitative estimate of drug-likeness (QED) is 0.418. The molecule has 4 N–H and O–H groups in total. The molecule has 4 aromatic rings. The number of hydrogen-bond donors (Lipinski definition) is 2. The van der Waals surface area contributed by atoms with Crippen LogP contribution in [0, 0.1) is 18.3 Å². The van der Waals surface area contributed by atoms with Crippen LogP contribution in [0.25, 0.3) is 10.8 Å². The first kappa shape index (κ1) is 22.4. The van der Waals surface area contributed by atoms with Crippen molar-refractivity contribution in [3.63, 3.8) is 0 Å². The number of nitriles is 1. The van der Waals surface area contributed by atoms with E-state index < -0.39 is 0 Å². The van der Waals surface area contributed by atoms with Crippen molar-refractivity contribution in [3.8, 4) is 6.07 Å². The fourth-order valence-electron chi connectivity index (χ4n) is 4.91. The summed E-state index contributed by atoms with van der Waals surface area (Å²) in [6.45, 7) is 3.36. The number of anilines is 5. The lowest BCUT2D eigenvalue weighted by atomic mass is 10.00. The Labute approximate surface area is 209 Å². The normalized spacial score (nSPS) is 15.4. The Balaban J connectivity index is 1.42. The van der Waals surface area contributed by atoms with Crippen molar-refractivity contribution >= 4 is 51.7 Å². The molecule has 2 amide bonds. The molecule has 37 heavy (non-hydrogen) atoms. The minimum absolute atomic E-state index is 0.0198. The van der Waals surface area contributed by atoms with Gasteiger partial charge in [-0.05, 0) is 19.1 Å². The molecule has 186 valence electrons. The number of furan rings is 1. The van der Waals surface area contributed by atoms with Gasteiger partial charge in [-0.1, -0.05) is 5.16 Å². The third kappa shape index (κ3) is 3.41. The Morgan fingerprint density at radius 3 is 2.46 bits per heavy atom. The SMILES string of the molecule is Cc1cc(N2C(=O)Cc3c2nc(N)c2c(N)nc(N4CCN(C(=O)c5ccco5)CC4)c(C#N)c32)no1. The van der Waals surface area contributed by atoms with E-state index in [1.54, 1.807) is 30.0 Å². The second-order valence-corrected chi connectivity index (χ2v) is 8.81. The van der Waals surface area contributed by atoms with E-state index in [1.165, 1.54) is 11.2 Å². The largest absolute Gasteiger partial charge is 0.459 e. The van der Waals surface area contributed by atoms with Gasteiger partial charge in [0, 0.05) is 43.2 Å². The molecule has 0 aromatic carbocycles. The zero-order valence-corrected chi connectivity index (χ0v) is 19.8. The second-order valence-electron chi connectivity index (χ2n) is 8.81. The Kier molecular flexibility index (Phi) is 4.97. The minimum atomic E-state index is -0.284. The fourth-order valence-corrected chi connectivity index (χ4v) is 4.91. The van der Waals surface area contributed by atoms with Gasteiger partial charge in [0.05, 0.1) is 18.1 Å². The monoisotopic (exact) mass is 499 g/mol. The maximum atomic E-state index is 13.0. The highest BCUT2D eigenvalue weighted by atomic mass is 16.5. The van der Waals surface area contributed by atoms with Crippen LogP contribution in [0.2, 0.25) is 0 Å². The number of pyridine rings is 2. The van der Waals surface area contributed by atoms with Crippen molar-refractivity contribution in [1.29, 1.82) is 5.26 Å². The molecule has 0 saturated carbocycles. The van der Waals surface area contributed by atoms with Gasteiger partial charge in [-0.15, -0.1) is 0 Å². The number of rotatable bonds is 3. The summed E-state index contributed by atoms with van der Waals surface area (Å²) in [5, 5.41) is 15.0. The summed E-state index contributed by atoms with van der Waals surface area (Å²) in [5.74, 6) is 1.41. The van der Waals surface area contributed by atoms with E-state index in [9.17, 15) is 14.9 Å². The van der Waals surface area contributed by atoms with Crippen molar-refractivity contribution < 1.29 is 18.5 Å². The summed E-state index contributed by atoms with van der Waals surface area (Å²) >= 11 is 0. The summed E-state index contributed by atoms with van der Waals surface area (Å²) in [5.41, 5.74) is 13.4. The second kappa shape index (κ2) is 8.23. The number of nitrogens with two attached hydrogens (primary N) is 2. The van der Waals surface area contributed by atoms with Crippen molar-refractivity contribution in [2.45, 2.75) is 13.3 Å². The topological polar surface area (TPSA) is 185 Å². The molecule has 0 bridgehead atoms. The minimum Gasteiger partial charge on any atom is -0.459 e. The summed E-state index contributed by atoms with van der Waals surface area (Å²) < 4.78 is 10.4. The Bertz CT molecular complexity index is 1610. The van der Waals surface area contributed by atoms with Crippen LogP contribution in [-0.2, 0) is 11.2 Å². The first-order chi connectivity index (χ1) is 17.9. The Morgan fingerprint density at radius 1 is 1.11 bits per heavy atom. The maximum Gasteiger partial charge on any atom is 0.289 e. The number of fused-ring (bicyclic) bond motifs is 3. The van der Waals surface area contributed by atoms with Crippen LogP contribution in [0.4, 0.5) is 29.1 Å². The van der Waals surface area contributed by atoms with Crippen molar-refractivity contribution in [3.05, 3.63) is 47.1 Å². The van der Waals surface area contributed by atoms with Crippen molar-refractivity contribution in [2.24, 2.45) is 0 Å². The van der Waals surface area contributed by atoms with Gasteiger partial charge in [-0.2, -0.15) is 5.26 Å². The number of amides is 2. The number of hydrogen-bond acceptors (Lipinski definition) is 11. The molecular formula is C24H21N9O4. The lowest BCUT2D eigenvalue weighted by molar-refractivity contribution is -0.116. The van der Waals surface area contributed by atoms with Crippen LogP contribution in [0.1, 0.15) is 27.4 Å². The predicted octanol–water partition coefficient (Wildman–Crippen LogP) is 1.74. The summed E-state index contributed by atoms with van der Waals surface area (Å²) in [7, 11) is 0. The maximum absolute atomic E-state index is 13.0. The molecule has 6 rings (SSSR count). The zero-order chi connectivity index (χ0) is 25.8. The summed E-state index contributed by atoms with van der Waals surface area (Å²) in [6.07, 6.45) is 1.44. The number of nitrogens with zero attached hydrogens (tertiary/aromatic N) is 7. The van der Waals surface area contributed by atoms with Gasteiger partial charge in [-0.3, -0.25) is 9.59 Å². The third-order valence-corrected chi connectivity index (χ3v) is 6.60. The van der Waals surface area contributed by atoms with Gasteiger partial charge in [-0.25, -0.2) is 14.9 Å². The van der Waals surface area contributed by atoms with E-state index in [0.29, 0.717) is 54.1 Å². The molecule has 6 heterocycles. The van der Waals surface area contributed by atoms with Gasteiger partial charge in [0.15, 0.2) is 11.6 Å². The molecule has 13 nitrogen and oxygen atoms in total. The molecule has 0 atom stereocenters. The van der Waals surface area contributed by atoms with Crippen LogP contribution < -0.4 is 21.3 Å². The predicted molar refractivity (Wildman–Crippen MR) is 132 cm³/mol. The number of nitrogen functional groups attached to an aromatic ring is 2. The van der Waals surface area contributed by atoms with E-state index in [1.807, 2.05) is 4.90 Å². The average Bonchev–Trinajstić information content (AvgIpc) is 3.64. The number of piperazine rings is 1. The summed E-state index contributed by atoms with van der Waals surface area (Å²) in [6, 6.07) is 7.16. The Morgan fingerprint density at radius 2 is 1.84 bits per heavy atom. The van der Waals surface area contributed by atoms with Crippen LogP contribution in [0.15, 0.2) is 33.4 Å². The van der Waals surface area contributed by atoms with Gasteiger partial charge < -0.3 is 30.2 Å². The highest BCUT2D eigenvalue weighted by molar-refractivity contribution is 6.15. The average molecular weight is 499 g/mol. The molecule has 2 aliphatic heterocycles. The van der Waals surface area contributed by atoms with E-state index in [4.69, 9.17) is 20.4 Å². The van der Waals surface area contributed by atoms with Crippen LogP contribution >= 0.6 is 0 Å². The molecule has 13 heteroatoms. The molecule has 4 aromatic heterocycles. The molecule has 0 radical (unpaired) electrons. The van der Waals surface area contributed by atoms with Crippen molar-refractivity contribution in [1.82, 2.24) is 20.0 Å². The lowest BCUT2D eigenvalue weighted by Crippen LogP contribution is -2.49. The molecule has 2 aliphatic rings. The van der Waals surface area contributed by atoms with Crippen LogP contribution in [0.3, 0.4) is 0 Å². The van der Waals surface area contributed by atoms with Crippen molar-refractivity contribution in [2.75, 3.05) is 47.4 Å². The van der Waals surface area contributed by atoms with Gasteiger partial charge >= 0.3 is 0 Å². The molecule has 0 aliphatic carbocycles. The summed E-state index contributed by atoms with van der Waals surface area (Å²) in [4.78, 5) is 39.6. The van der Waals surface area contributed by atoms with Gasteiger partial charge in [0.1, 0.15) is 40.7 Å². The van der Waals surface area contributed by atoms with Crippen LogP contribution in [0.5, 0.6) is 0 Å². The fraction of sp³-hybridized carbons (Fsp3) is 0.250. The number of aromatic nitrogens is 3. The smallest absolute Gasteiger partial charge is 0.289 e. The first-order valence-electron chi connectivity index (χ1n) is 11.5. The van der Waals surface area contributed by atoms with E-state index in [2.05, 4.69) is 21.2 Å². The highest BCUT2D eigenvalue weighted by Gasteiger charge is 2.37. The first-order valence-corrected chi connectivity index (χ1v) is 11.5. The Hall–Kier alpha value is -5.12. The van der Waals surface area contributed by atoms with Gasteiger partial charge in [0.2, 0.25) is 5.91 Å². The zero-order valence-electron chi connectivity index (χ0n) is 19.8. The van der Waals surface area contributed by atoms with Crippen LogP contribution in [-0.4, -0.2) is 58.0 Å². The molecule has 0 spiro atoms. The number of aryl methyl sites for hydroxylation is 1. The third-order valence-electron chi connectivity index (χ3n) is 6.60. The van der Waals surface area contributed by atoms with E-state index >= 15 is 0 Å². The van der Waals surface area contributed by atoms with E-state index in [-0.39, 0.29) is 52.8 Å². The highest BCUT2D eigenvalue weighted by Crippen LogP contribution is 2.43. The molecule has 0 unspecified atom stereocenters. The number of carbonyl (C=O) groups is 2. The molecule has 1 fully saturated rings. The lowest BCUT2D eigenvalue weighted by Gasteiger charge is -2.35. The number of carbonyl (C=O) groups excluding carboxylic acids is 2. The van der Waals surface area contributed by atoms with E-state index in [0.717, 1.165) is 0 Å².